The van der Waals surface area contributed by atoms with Crippen LogP contribution in [0.5, 0.6) is 0 Å². The normalized spacial score (nSPS) is 21.6. The SMILES string of the molecule is CC[C@H](NC[C@H]1CC=CCC1)c1cnn(C)c1. The molecule has 1 heterocycles. The Balaban J connectivity index is 1.85. The summed E-state index contributed by atoms with van der Waals surface area (Å²) in [7, 11) is 1.97. The molecule has 0 aromatic carbocycles. The quantitative estimate of drug-likeness (QED) is 0.793. The van der Waals surface area contributed by atoms with Crippen molar-refractivity contribution in [2.45, 2.75) is 38.6 Å². The van der Waals surface area contributed by atoms with Gasteiger partial charge in [-0.1, -0.05) is 19.1 Å². The van der Waals surface area contributed by atoms with E-state index in [4.69, 9.17) is 0 Å². The Labute approximate surface area is 104 Å². The zero-order valence-electron chi connectivity index (χ0n) is 10.9. The minimum Gasteiger partial charge on any atom is -0.310 e. The van der Waals surface area contributed by atoms with Crippen molar-refractivity contribution in [3.8, 4) is 0 Å². The molecule has 1 aromatic heterocycles. The molecule has 0 aliphatic heterocycles. The van der Waals surface area contributed by atoms with Gasteiger partial charge in [-0.2, -0.15) is 5.10 Å². The Hall–Kier alpha value is -1.09. The van der Waals surface area contributed by atoms with Crippen molar-refractivity contribution in [1.82, 2.24) is 15.1 Å². The first-order valence-corrected chi connectivity index (χ1v) is 6.66. The Morgan fingerprint density at radius 3 is 3.00 bits per heavy atom. The summed E-state index contributed by atoms with van der Waals surface area (Å²) in [5.41, 5.74) is 1.31. The number of aromatic nitrogens is 2. The molecule has 1 N–H and O–H groups in total. The van der Waals surface area contributed by atoms with Crippen LogP contribution in [0.1, 0.15) is 44.2 Å². The highest BCUT2D eigenvalue weighted by Crippen LogP contribution is 2.20. The van der Waals surface area contributed by atoms with Gasteiger partial charge in [-0.15, -0.1) is 0 Å². The molecule has 1 aliphatic rings. The van der Waals surface area contributed by atoms with Crippen molar-refractivity contribution in [1.29, 1.82) is 0 Å². The lowest BCUT2D eigenvalue weighted by atomic mass is 9.94. The van der Waals surface area contributed by atoms with Gasteiger partial charge < -0.3 is 5.32 Å². The second-order valence-corrected chi connectivity index (χ2v) is 4.97. The molecule has 17 heavy (non-hydrogen) atoms. The van der Waals surface area contributed by atoms with Gasteiger partial charge in [0.2, 0.25) is 0 Å². The molecule has 1 aliphatic carbocycles. The van der Waals surface area contributed by atoms with E-state index in [2.05, 4.69) is 35.7 Å². The topological polar surface area (TPSA) is 29.9 Å². The predicted molar refractivity (Wildman–Crippen MR) is 70.7 cm³/mol. The summed E-state index contributed by atoms with van der Waals surface area (Å²) >= 11 is 0. The number of aryl methyl sites for hydroxylation is 1. The van der Waals surface area contributed by atoms with E-state index < -0.39 is 0 Å². The summed E-state index contributed by atoms with van der Waals surface area (Å²) in [6.07, 6.45) is 13.6. The molecule has 0 fully saturated rings. The fourth-order valence-electron chi connectivity index (χ4n) is 2.47. The third-order valence-corrected chi connectivity index (χ3v) is 3.57. The molecule has 3 heteroatoms. The van der Waals surface area contributed by atoms with Crippen molar-refractivity contribution in [3.05, 3.63) is 30.1 Å². The second kappa shape index (κ2) is 6.01. The fourth-order valence-corrected chi connectivity index (χ4v) is 2.47. The molecule has 1 aromatic rings. The first kappa shape index (κ1) is 12.4. The summed E-state index contributed by atoms with van der Waals surface area (Å²) in [5, 5.41) is 7.93. The van der Waals surface area contributed by atoms with Crippen LogP contribution in [0.3, 0.4) is 0 Å². The first-order valence-electron chi connectivity index (χ1n) is 6.66. The van der Waals surface area contributed by atoms with Crippen molar-refractivity contribution in [2.24, 2.45) is 13.0 Å². The second-order valence-electron chi connectivity index (χ2n) is 4.97. The monoisotopic (exact) mass is 233 g/mol. The Morgan fingerprint density at radius 1 is 1.53 bits per heavy atom. The van der Waals surface area contributed by atoms with Crippen LogP contribution < -0.4 is 5.32 Å². The van der Waals surface area contributed by atoms with Gasteiger partial charge in [0.05, 0.1) is 6.20 Å². The molecule has 2 atom stereocenters. The third kappa shape index (κ3) is 3.43. The van der Waals surface area contributed by atoms with E-state index in [1.807, 2.05) is 17.9 Å². The summed E-state index contributed by atoms with van der Waals surface area (Å²) in [5.74, 6) is 0.811. The minimum atomic E-state index is 0.453. The molecule has 3 nitrogen and oxygen atoms in total. The lowest BCUT2D eigenvalue weighted by Crippen LogP contribution is -2.27. The number of hydrogen-bond acceptors (Lipinski definition) is 2. The highest BCUT2D eigenvalue weighted by Gasteiger charge is 2.14. The molecule has 0 amide bonds. The fraction of sp³-hybridized carbons (Fsp3) is 0.643. The number of nitrogens with zero attached hydrogens (tertiary/aromatic N) is 2. The van der Waals surface area contributed by atoms with E-state index in [9.17, 15) is 0 Å². The smallest absolute Gasteiger partial charge is 0.0537 e. The van der Waals surface area contributed by atoms with Crippen molar-refractivity contribution in [3.63, 3.8) is 0 Å². The Bertz CT molecular complexity index is 367. The number of hydrogen-bond donors (Lipinski definition) is 1. The average Bonchev–Trinajstić information content (AvgIpc) is 2.78. The van der Waals surface area contributed by atoms with E-state index in [0.717, 1.165) is 18.9 Å². The predicted octanol–water partition coefficient (Wildman–Crippen LogP) is 2.82. The van der Waals surface area contributed by atoms with Gasteiger partial charge in [-0.3, -0.25) is 4.68 Å². The number of rotatable bonds is 5. The van der Waals surface area contributed by atoms with Gasteiger partial charge >= 0.3 is 0 Å². The van der Waals surface area contributed by atoms with Crippen molar-refractivity contribution < 1.29 is 0 Å². The standard InChI is InChI=1S/C14H23N3/c1-3-14(13-10-16-17(2)11-13)15-9-12-7-5-4-6-8-12/h4-5,10-12,14-15H,3,6-9H2,1-2H3/t12-,14-/m0/s1. The van der Waals surface area contributed by atoms with Crippen LogP contribution in [0.15, 0.2) is 24.5 Å². The van der Waals surface area contributed by atoms with E-state index in [1.165, 1.54) is 24.8 Å². The molecule has 0 spiro atoms. The lowest BCUT2D eigenvalue weighted by Gasteiger charge is -2.22. The molecule has 0 bridgehead atoms. The lowest BCUT2D eigenvalue weighted by molar-refractivity contribution is 0.400. The van der Waals surface area contributed by atoms with Crippen molar-refractivity contribution >= 4 is 0 Å². The molecule has 94 valence electrons. The number of nitrogens with one attached hydrogen (secondary N) is 1. The summed E-state index contributed by atoms with van der Waals surface area (Å²) in [6.45, 7) is 3.35. The van der Waals surface area contributed by atoms with Crippen LogP contribution in [0, 0.1) is 5.92 Å². The highest BCUT2D eigenvalue weighted by molar-refractivity contribution is 5.10. The van der Waals surface area contributed by atoms with Gasteiger partial charge in [0, 0.05) is 24.8 Å². The van der Waals surface area contributed by atoms with Crippen LogP contribution in [-0.4, -0.2) is 16.3 Å². The van der Waals surface area contributed by atoms with E-state index in [0.29, 0.717) is 6.04 Å². The maximum atomic E-state index is 4.25. The summed E-state index contributed by atoms with van der Waals surface area (Å²) in [6, 6.07) is 0.453. The molecule has 2 rings (SSSR count). The van der Waals surface area contributed by atoms with Gasteiger partial charge in [-0.05, 0) is 38.1 Å². The van der Waals surface area contributed by atoms with Crippen LogP contribution >= 0.6 is 0 Å². The molecule has 0 saturated heterocycles. The van der Waals surface area contributed by atoms with Gasteiger partial charge in [0.25, 0.3) is 0 Å². The van der Waals surface area contributed by atoms with Gasteiger partial charge in [-0.25, -0.2) is 0 Å². The average molecular weight is 233 g/mol. The van der Waals surface area contributed by atoms with E-state index in [-0.39, 0.29) is 0 Å². The maximum absolute atomic E-state index is 4.25. The highest BCUT2D eigenvalue weighted by atomic mass is 15.2. The zero-order valence-corrected chi connectivity index (χ0v) is 10.9. The van der Waals surface area contributed by atoms with Crippen LogP contribution in [0.2, 0.25) is 0 Å². The first-order chi connectivity index (χ1) is 8.29. The maximum Gasteiger partial charge on any atom is 0.0537 e. The minimum absolute atomic E-state index is 0.453. The molecule has 0 saturated carbocycles. The molecular weight excluding hydrogens is 210 g/mol. The summed E-state index contributed by atoms with van der Waals surface area (Å²) < 4.78 is 1.88. The summed E-state index contributed by atoms with van der Waals surface area (Å²) in [4.78, 5) is 0. The molecule has 0 radical (unpaired) electrons. The molecule has 0 unspecified atom stereocenters. The molecular formula is C14H23N3. The van der Waals surface area contributed by atoms with Gasteiger partial charge in [0.1, 0.15) is 0 Å². The van der Waals surface area contributed by atoms with Crippen LogP contribution in [0.4, 0.5) is 0 Å². The largest absolute Gasteiger partial charge is 0.310 e. The number of allylic oxidation sites excluding steroid dienone is 2. The third-order valence-electron chi connectivity index (χ3n) is 3.57. The van der Waals surface area contributed by atoms with Crippen LogP contribution in [-0.2, 0) is 7.05 Å². The Morgan fingerprint density at radius 2 is 2.41 bits per heavy atom. The van der Waals surface area contributed by atoms with Gasteiger partial charge in [0.15, 0.2) is 0 Å². The van der Waals surface area contributed by atoms with Crippen molar-refractivity contribution in [2.75, 3.05) is 6.54 Å². The Kier molecular flexibility index (Phi) is 4.37. The van der Waals surface area contributed by atoms with E-state index in [1.54, 1.807) is 0 Å². The zero-order chi connectivity index (χ0) is 12.1. The van der Waals surface area contributed by atoms with E-state index >= 15 is 0 Å². The van der Waals surface area contributed by atoms with Crippen LogP contribution in [0.25, 0.3) is 0 Å².